The average molecular weight is 422 g/mol. The van der Waals surface area contributed by atoms with Gasteiger partial charge in [0.05, 0.1) is 16.4 Å². The third-order valence-corrected chi connectivity index (χ3v) is 3.86. The second-order valence-electron chi connectivity index (χ2n) is 4.77. The van der Waals surface area contributed by atoms with Crippen LogP contribution in [0.15, 0.2) is 29.4 Å². The van der Waals surface area contributed by atoms with Gasteiger partial charge < -0.3 is 9.84 Å². The lowest BCUT2D eigenvalue weighted by Crippen LogP contribution is -2.03. The fourth-order valence-electron chi connectivity index (χ4n) is 1.99. The van der Waals surface area contributed by atoms with Gasteiger partial charge >= 0.3 is 0 Å². The summed E-state index contributed by atoms with van der Waals surface area (Å²) < 4.78 is 5.85. The molecule has 1 heterocycles. The number of nitriles is 1. The molecular formula is C16H15IN4O2. The fourth-order valence-corrected chi connectivity index (χ4v) is 2.53. The maximum absolute atomic E-state index is 9.50. The topological polar surface area (TPSA) is 90.5 Å². The number of aromatic hydroxyl groups is 1. The van der Waals surface area contributed by atoms with Crippen molar-refractivity contribution in [3.8, 4) is 11.8 Å². The number of halogens is 1. The van der Waals surface area contributed by atoms with Crippen molar-refractivity contribution in [1.82, 2.24) is 4.98 Å². The Hall–Kier alpha value is -2.18. The minimum atomic E-state index is 0.229. The smallest absolute Gasteiger partial charge is 0.164 e. The molecule has 0 amide bonds. The van der Waals surface area contributed by atoms with Crippen LogP contribution in [0.4, 0.5) is 5.82 Å². The Balaban J connectivity index is 2.24. The number of pyridine rings is 1. The van der Waals surface area contributed by atoms with Crippen molar-refractivity contribution in [3.05, 3.63) is 50.2 Å². The van der Waals surface area contributed by atoms with E-state index in [2.05, 4.69) is 21.6 Å². The molecule has 0 radical (unpaired) electrons. The van der Waals surface area contributed by atoms with Crippen LogP contribution < -0.4 is 5.43 Å². The average Bonchev–Trinajstić information content (AvgIpc) is 2.51. The molecule has 23 heavy (non-hydrogen) atoms. The van der Waals surface area contributed by atoms with Crippen molar-refractivity contribution >= 4 is 34.6 Å². The molecule has 0 aliphatic rings. The number of ether oxygens (including phenoxy) is 1. The summed E-state index contributed by atoms with van der Waals surface area (Å²) in [6.45, 7) is 2.18. The van der Waals surface area contributed by atoms with E-state index >= 15 is 0 Å². The minimum Gasteiger partial charge on any atom is -0.507 e. The molecule has 0 fully saturated rings. The molecule has 0 saturated heterocycles. The Morgan fingerprint density at radius 3 is 2.91 bits per heavy atom. The van der Waals surface area contributed by atoms with E-state index in [0.717, 1.165) is 20.4 Å². The van der Waals surface area contributed by atoms with Gasteiger partial charge in [0, 0.05) is 18.4 Å². The van der Waals surface area contributed by atoms with E-state index in [1.165, 1.54) is 0 Å². The molecule has 0 spiro atoms. The number of nitrogens with zero attached hydrogens (tertiary/aromatic N) is 3. The molecule has 0 atom stereocenters. The van der Waals surface area contributed by atoms with Crippen LogP contribution in [0.2, 0.25) is 0 Å². The second kappa shape index (κ2) is 7.89. The summed E-state index contributed by atoms with van der Waals surface area (Å²) in [5.41, 5.74) is 5.57. The Morgan fingerprint density at radius 1 is 1.48 bits per heavy atom. The molecule has 2 N–H and O–H groups in total. The third-order valence-electron chi connectivity index (χ3n) is 3.00. The van der Waals surface area contributed by atoms with E-state index < -0.39 is 0 Å². The Morgan fingerprint density at radius 2 is 2.26 bits per heavy atom. The number of rotatable bonds is 5. The van der Waals surface area contributed by atoms with Crippen molar-refractivity contribution in [1.29, 1.82) is 5.26 Å². The normalized spacial score (nSPS) is 10.7. The van der Waals surface area contributed by atoms with E-state index in [4.69, 9.17) is 4.74 Å². The zero-order valence-electron chi connectivity index (χ0n) is 12.7. The van der Waals surface area contributed by atoms with Crippen molar-refractivity contribution in [2.24, 2.45) is 5.10 Å². The number of benzene rings is 1. The molecule has 0 aliphatic carbocycles. The summed E-state index contributed by atoms with van der Waals surface area (Å²) in [7, 11) is 1.58. The summed E-state index contributed by atoms with van der Waals surface area (Å²) in [4.78, 5) is 4.31. The number of hydrogen-bond acceptors (Lipinski definition) is 6. The predicted octanol–water partition coefficient (Wildman–Crippen LogP) is 3.16. The van der Waals surface area contributed by atoms with Gasteiger partial charge in [0.25, 0.3) is 0 Å². The first-order valence-corrected chi connectivity index (χ1v) is 7.80. The molecule has 1 aromatic heterocycles. The molecule has 118 valence electrons. The van der Waals surface area contributed by atoms with Crippen LogP contribution in [0.3, 0.4) is 0 Å². The monoisotopic (exact) mass is 422 g/mol. The highest BCUT2D eigenvalue weighted by atomic mass is 127. The standard InChI is InChI=1S/C16H15IN4O2/c1-10-5-12(9-23-2)13(7-18)16(20-10)21-19-8-11-3-4-15(22)14(17)6-11/h3-6,8,22H,9H2,1-2H3,(H,20,21)/b19-8-. The van der Waals surface area contributed by atoms with Crippen molar-refractivity contribution in [2.75, 3.05) is 12.5 Å². The number of phenolic OH excluding ortho intramolecular Hbond substituents is 1. The van der Waals surface area contributed by atoms with E-state index in [1.54, 1.807) is 31.5 Å². The van der Waals surface area contributed by atoms with E-state index in [-0.39, 0.29) is 5.75 Å². The van der Waals surface area contributed by atoms with Crippen molar-refractivity contribution in [2.45, 2.75) is 13.5 Å². The highest BCUT2D eigenvalue weighted by molar-refractivity contribution is 14.1. The van der Waals surface area contributed by atoms with Crippen LogP contribution in [0, 0.1) is 21.8 Å². The molecule has 0 bridgehead atoms. The van der Waals surface area contributed by atoms with Gasteiger partial charge in [-0.3, -0.25) is 5.43 Å². The number of nitrogens with one attached hydrogen (secondary N) is 1. The van der Waals surface area contributed by atoms with Crippen LogP contribution in [-0.4, -0.2) is 23.4 Å². The predicted molar refractivity (Wildman–Crippen MR) is 96.4 cm³/mol. The second-order valence-corrected chi connectivity index (χ2v) is 5.93. The zero-order valence-corrected chi connectivity index (χ0v) is 14.8. The molecule has 0 saturated carbocycles. The lowest BCUT2D eigenvalue weighted by atomic mass is 10.1. The van der Waals surface area contributed by atoms with Crippen molar-refractivity contribution in [3.63, 3.8) is 0 Å². The van der Waals surface area contributed by atoms with Gasteiger partial charge in [-0.15, -0.1) is 0 Å². The van der Waals surface area contributed by atoms with Gasteiger partial charge in [-0.05, 0) is 59.3 Å². The molecule has 1 aromatic carbocycles. The SMILES string of the molecule is COCc1cc(C)nc(N/N=C\c2ccc(O)c(I)c2)c1C#N. The molecule has 2 aromatic rings. The summed E-state index contributed by atoms with van der Waals surface area (Å²) in [6, 6.07) is 9.09. The van der Waals surface area contributed by atoms with Crippen LogP contribution >= 0.6 is 22.6 Å². The third kappa shape index (κ3) is 4.40. The van der Waals surface area contributed by atoms with Crippen LogP contribution in [0.5, 0.6) is 5.75 Å². The molecular weight excluding hydrogens is 407 g/mol. The van der Waals surface area contributed by atoms with Gasteiger partial charge in [-0.2, -0.15) is 10.4 Å². The summed E-state index contributed by atoms with van der Waals surface area (Å²) >= 11 is 2.04. The zero-order chi connectivity index (χ0) is 16.8. The van der Waals surface area contributed by atoms with Crippen molar-refractivity contribution < 1.29 is 9.84 Å². The highest BCUT2D eigenvalue weighted by Gasteiger charge is 2.10. The fraction of sp³-hybridized carbons (Fsp3) is 0.188. The number of hydrazone groups is 1. The lowest BCUT2D eigenvalue weighted by Gasteiger charge is -2.09. The molecule has 7 heteroatoms. The number of phenols is 1. The van der Waals surface area contributed by atoms with Gasteiger partial charge in [0.1, 0.15) is 17.4 Å². The number of anilines is 1. The van der Waals surface area contributed by atoms with Gasteiger partial charge in [-0.25, -0.2) is 4.98 Å². The Kier molecular flexibility index (Phi) is 5.90. The van der Waals surface area contributed by atoms with Crippen LogP contribution in [0.1, 0.15) is 22.4 Å². The van der Waals surface area contributed by atoms with Gasteiger partial charge in [0.2, 0.25) is 0 Å². The minimum absolute atomic E-state index is 0.229. The molecule has 2 rings (SSSR count). The van der Waals surface area contributed by atoms with Crippen LogP contribution in [-0.2, 0) is 11.3 Å². The first-order valence-electron chi connectivity index (χ1n) is 6.72. The first kappa shape index (κ1) is 17.2. The maximum atomic E-state index is 9.50. The summed E-state index contributed by atoms with van der Waals surface area (Å²) in [5.74, 6) is 0.622. The number of hydrogen-bond donors (Lipinski definition) is 2. The van der Waals surface area contributed by atoms with Gasteiger partial charge in [0.15, 0.2) is 5.82 Å². The highest BCUT2D eigenvalue weighted by Crippen LogP contribution is 2.20. The Labute approximate surface area is 148 Å². The Bertz CT molecular complexity index is 784. The molecule has 6 nitrogen and oxygen atoms in total. The van der Waals surface area contributed by atoms with Gasteiger partial charge in [-0.1, -0.05) is 0 Å². The maximum Gasteiger partial charge on any atom is 0.164 e. The summed E-state index contributed by atoms with van der Waals surface area (Å²) in [5, 5.41) is 23.0. The first-order chi connectivity index (χ1) is 11.0. The lowest BCUT2D eigenvalue weighted by molar-refractivity contribution is 0.184. The molecule has 0 unspecified atom stereocenters. The number of aryl methyl sites for hydroxylation is 1. The van der Waals surface area contributed by atoms with E-state index in [1.807, 2.05) is 35.6 Å². The summed E-state index contributed by atoms with van der Waals surface area (Å²) in [6.07, 6.45) is 1.60. The quantitative estimate of drug-likeness (QED) is 0.439. The van der Waals surface area contributed by atoms with Crippen LogP contribution in [0.25, 0.3) is 0 Å². The van der Waals surface area contributed by atoms with E-state index in [9.17, 15) is 10.4 Å². The number of aromatic nitrogens is 1. The van der Waals surface area contributed by atoms with E-state index in [0.29, 0.717) is 18.0 Å². The molecule has 0 aliphatic heterocycles. The largest absolute Gasteiger partial charge is 0.507 e. The number of methoxy groups -OCH3 is 1.